The predicted octanol–water partition coefficient (Wildman–Crippen LogP) is 0.442. The number of nitrogen functional groups attached to an aromatic ring is 1. The number of nitrogens with two attached hydrogens (primary N) is 1. The van der Waals surface area contributed by atoms with Crippen molar-refractivity contribution in [2.45, 2.75) is 12.3 Å². The van der Waals surface area contributed by atoms with Crippen molar-refractivity contribution in [3.8, 4) is 0 Å². The first-order valence-electron chi connectivity index (χ1n) is 3.94. The highest BCUT2D eigenvalue weighted by molar-refractivity contribution is 6.28. The molecule has 0 saturated carbocycles. The van der Waals surface area contributed by atoms with Crippen LogP contribution in [0.25, 0.3) is 0 Å². The number of alkyl halides is 3. The number of anilines is 2. The Kier molecular flexibility index (Phi) is 3.70. The summed E-state index contributed by atoms with van der Waals surface area (Å²) in [5.41, 5.74) is 5.18. The predicted molar refractivity (Wildman–Crippen MR) is 49.8 cm³/mol. The van der Waals surface area contributed by atoms with Gasteiger partial charge in [0, 0.05) is 0 Å². The molecule has 6 nitrogen and oxygen atoms in total. The zero-order valence-corrected chi connectivity index (χ0v) is 8.42. The van der Waals surface area contributed by atoms with Gasteiger partial charge in [-0.3, -0.25) is 0 Å². The maximum Gasteiger partial charge on any atom is 0.416 e. The number of hydrogen-bond acceptors (Lipinski definition) is 6. The lowest BCUT2D eigenvalue weighted by molar-refractivity contribution is -0.198. The molecule has 1 unspecified atom stereocenters. The van der Waals surface area contributed by atoms with Gasteiger partial charge in [-0.25, -0.2) is 0 Å². The molecule has 0 radical (unpaired) electrons. The van der Waals surface area contributed by atoms with Gasteiger partial charge in [0.15, 0.2) is 6.10 Å². The molecule has 1 rings (SSSR count). The summed E-state index contributed by atoms with van der Waals surface area (Å²) in [7, 11) is 0. The lowest BCUT2D eigenvalue weighted by Crippen LogP contribution is -2.35. The van der Waals surface area contributed by atoms with Crippen LogP contribution in [0.3, 0.4) is 0 Å². The van der Waals surface area contributed by atoms with Crippen molar-refractivity contribution < 1.29 is 18.3 Å². The second kappa shape index (κ2) is 4.66. The largest absolute Gasteiger partial charge is 0.416 e. The van der Waals surface area contributed by atoms with Gasteiger partial charge in [-0.1, -0.05) is 0 Å². The molecular formula is C6H7ClF3N5O. The van der Waals surface area contributed by atoms with Crippen LogP contribution in [0.4, 0.5) is 25.1 Å². The molecule has 16 heavy (non-hydrogen) atoms. The van der Waals surface area contributed by atoms with Crippen molar-refractivity contribution in [2.75, 3.05) is 17.6 Å². The van der Waals surface area contributed by atoms with Gasteiger partial charge < -0.3 is 16.2 Å². The normalized spacial score (nSPS) is 13.6. The molecule has 4 N–H and O–H groups in total. The smallest absolute Gasteiger partial charge is 0.382 e. The molecule has 0 spiro atoms. The van der Waals surface area contributed by atoms with Crippen LogP contribution in [0.5, 0.6) is 0 Å². The van der Waals surface area contributed by atoms with Crippen molar-refractivity contribution in [2.24, 2.45) is 0 Å². The fourth-order valence-corrected chi connectivity index (χ4v) is 0.915. The molecule has 0 saturated heterocycles. The summed E-state index contributed by atoms with van der Waals surface area (Å²) in [4.78, 5) is 10.3. The van der Waals surface area contributed by atoms with Crippen LogP contribution in [0.1, 0.15) is 0 Å². The lowest BCUT2D eigenvalue weighted by atomic mass is 10.3. The van der Waals surface area contributed by atoms with Gasteiger partial charge in [-0.15, -0.1) is 0 Å². The summed E-state index contributed by atoms with van der Waals surface area (Å²) in [6.45, 7) is -0.802. The third kappa shape index (κ3) is 3.66. The minimum atomic E-state index is -4.71. The van der Waals surface area contributed by atoms with Crippen molar-refractivity contribution in [1.82, 2.24) is 15.0 Å². The molecule has 90 valence electrons. The molecule has 0 bridgehead atoms. The molecule has 1 aromatic heterocycles. The van der Waals surface area contributed by atoms with Crippen LogP contribution in [-0.4, -0.2) is 38.9 Å². The topological polar surface area (TPSA) is 97.0 Å². The van der Waals surface area contributed by atoms with E-state index in [1.54, 1.807) is 0 Å². The van der Waals surface area contributed by atoms with Crippen LogP contribution >= 0.6 is 11.6 Å². The van der Waals surface area contributed by atoms with Crippen LogP contribution in [0.2, 0.25) is 5.28 Å². The third-order valence-corrected chi connectivity index (χ3v) is 1.63. The van der Waals surface area contributed by atoms with Gasteiger partial charge in [0.1, 0.15) is 0 Å². The summed E-state index contributed by atoms with van der Waals surface area (Å²) in [5, 5.41) is 10.5. The Labute approximate surface area is 92.7 Å². The first-order chi connectivity index (χ1) is 7.29. The maximum atomic E-state index is 11.9. The Morgan fingerprint density at radius 3 is 2.50 bits per heavy atom. The van der Waals surface area contributed by atoms with Crippen molar-refractivity contribution in [3.05, 3.63) is 5.28 Å². The first-order valence-corrected chi connectivity index (χ1v) is 4.32. The van der Waals surface area contributed by atoms with E-state index in [-0.39, 0.29) is 17.2 Å². The number of nitrogens with one attached hydrogen (secondary N) is 1. The standard InChI is InChI=1S/C6H7ClF3N5O/c7-3-13-4(11)15-5(14-3)12-1-2(16)6(8,9)10/h2,16H,1H2,(H3,11,12,13,14,15). The Morgan fingerprint density at radius 2 is 2.00 bits per heavy atom. The van der Waals surface area contributed by atoms with Gasteiger partial charge in [0.25, 0.3) is 0 Å². The van der Waals surface area contributed by atoms with Crippen LogP contribution < -0.4 is 11.1 Å². The van der Waals surface area contributed by atoms with E-state index < -0.39 is 18.8 Å². The van der Waals surface area contributed by atoms with Crippen LogP contribution in [-0.2, 0) is 0 Å². The monoisotopic (exact) mass is 257 g/mol. The summed E-state index contributed by atoms with van der Waals surface area (Å²) in [6.07, 6.45) is -7.24. The Balaban J connectivity index is 2.61. The second-order valence-electron chi connectivity index (χ2n) is 2.72. The number of halogens is 4. The summed E-state index contributed by atoms with van der Waals surface area (Å²) >= 11 is 5.39. The molecule has 0 amide bonds. The van der Waals surface area contributed by atoms with Crippen LogP contribution in [0.15, 0.2) is 0 Å². The van der Waals surface area contributed by atoms with E-state index in [9.17, 15) is 13.2 Å². The highest BCUT2D eigenvalue weighted by Crippen LogP contribution is 2.20. The lowest BCUT2D eigenvalue weighted by Gasteiger charge is -2.14. The average molecular weight is 258 g/mol. The van der Waals surface area contributed by atoms with E-state index in [1.165, 1.54) is 0 Å². The molecule has 10 heteroatoms. The summed E-state index contributed by atoms with van der Waals surface area (Å²) in [6, 6.07) is 0. The number of aromatic nitrogens is 3. The summed E-state index contributed by atoms with van der Waals surface area (Å²) < 4.78 is 35.7. The molecule has 0 aliphatic rings. The minimum Gasteiger partial charge on any atom is -0.382 e. The Bertz CT molecular complexity index is 353. The number of rotatable bonds is 3. The van der Waals surface area contributed by atoms with E-state index in [1.807, 2.05) is 0 Å². The molecule has 1 atom stereocenters. The second-order valence-corrected chi connectivity index (χ2v) is 3.06. The van der Waals surface area contributed by atoms with Crippen molar-refractivity contribution in [3.63, 3.8) is 0 Å². The number of hydrogen-bond donors (Lipinski definition) is 3. The quantitative estimate of drug-likeness (QED) is 0.727. The van der Waals surface area contributed by atoms with Crippen LogP contribution in [0, 0.1) is 0 Å². The maximum absolute atomic E-state index is 11.9. The highest BCUT2D eigenvalue weighted by atomic mass is 35.5. The SMILES string of the molecule is Nc1nc(Cl)nc(NCC(O)C(F)(F)F)n1. The molecule has 0 fully saturated rings. The van der Waals surface area contributed by atoms with Crippen molar-refractivity contribution in [1.29, 1.82) is 0 Å². The number of aliphatic hydroxyl groups is 1. The first kappa shape index (κ1) is 12.7. The van der Waals surface area contributed by atoms with Gasteiger partial charge in [-0.2, -0.15) is 28.1 Å². The Morgan fingerprint density at radius 1 is 1.38 bits per heavy atom. The molecule has 0 aliphatic heterocycles. The van der Waals surface area contributed by atoms with E-state index in [2.05, 4.69) is 20.3 Å². The van der Waals surface area contributed by atoms with Crippen molar-refractivity contribution >= 4 is 23.5 Å². The van der Waals surface area contributed by atoms with Gasteiger partial charge in [-0.05, 0) is 11.6 Å². The van der Waals surface area contributed by atoms with E-state index in [0.29, 0.717) is 0 Å². The molecular weight excluding hydrogens is 251 g/mol. The minimum absolute atomic E-state index is 0.232. The van der Waals surface area contributed by atoms with E-state index in [4.69, 9.17) is 22.4 Å². The molecule has 0 aliphatic carbocycles. The molecule has 1 heterocycles. The number of aliphatic hydroxyl groups excluding tert-OH is 1. The fourth-order valence-electron chi connectivity index (χ4n) is 0.748. The average Bonchev–Trinajstić information content (AvgIpc) is 2.11. The highest BCUT2D eigenvalue weighted by Gasteiger charge is 2.37. The third-order valence-electron chi connectivity index (χ3n) is 1.46. The zero-order chi connectivity index (χ0) is 12.3. The van der Waals surface area contributed by atoms with E-state index in [0.717, 1.165) is 0 Å². The van der Waals surface area contributed by atoms with E-state index >= 15 is 0 Å². The van der Waals surface area contributed by atoms with Gasteiger partial charge in [0.05, 0.1) is 6.54 Å². The van der Waals surface area contributed by atoms with Gasteiger partial charge >= 0.3 is 6.18 Å². The number of nitrogens with zero attached hydrogens (tertiary/aromatic N) is 3. The fraction of sp³-hybridized carbons (Fsp3) is 0.500. The molecule has 0 aromatic carbocycles. The zero-order valence-electron chi connectivity index (χ0n) is 7.66. The molecule has 1 aromatic rings. The van der Waals surface area contributed by atoms with Gasteiger partial charge in [0.2, 0.25) is 17.2 Å². The Hall–Kier alpha value is -1.35. The summed E-state index contributed by atoms with van der Waals surface area (Å²) in [5.74, 6) is -0.468.